The van der Waals surface area contributed by atoms with Gasteiger partial charge in [0.2, 0.25) is 0 Å². The molecule has 2 aromatic rings. The van der Waals surface area contributed by atoms with E-state index in [1.165, 1.54) is 0 Å². The van der Waals surface area contributed by atoms with E-state index in [9.17, 15) is 0 Å². The number of nitrogens with zero attached hydrogens (tertiary/aromatic N) is 3. The Morgan fingerprint density at radius 1 is 1.06 bits per heavy atom. The van der Waals surface area contributed by atoms with Gasteiger partial charge in [0.05, 0.1) is 11.3 Å². The quantitative estimate of drug-likeness (QED) is 0.718. The van der Waals surface area contributed by atoms with Crippen molar-refractivity contribution in [1.82, 2.24) is 4.98 Å². The summed E-state index contributed by atoms with van der Waals surface area (Å²) in [5.41, 5.74) is 1.81. The van der Waals surface area contributed by atoms with Crippen LogP contribution in [0.2, 0.25) is 5.15 Å². The van der Waals surface area contributed by atoms with E-state index in [1.807, 2.05) is 42.5 Å². The molecule has 0 aliphatic heterocycles. The van der Waals surface area contributed by atoms with E-state index < -0.39 is 0 Å². The van der Waals surface area contributed by atoms with Crippen LogP contribution < -0.4 is 0 Å². The maximum Gasteiger partial charge on any atom is 0.148 e. The van der Waals surface area contributed by atoms with E-state index >= 15 is 0 Å². The Hall–Kier alpha value is -2.36. The van der Waals surface area contributed by atoms with Gasteiger partial charge in [-0.05, 0) is 6.07 Å². The van der Waals surface area contributed by atoms with Crippen molar-refractivity contribution in [2.24, 2.45) is 0 Å². The van der Waals surface area contributed by atoms with E-state index in [0.29, 0.717) is 5.69 Å². The minimum absolute atomic E-state index is 0.0606. The van der Waals surface area contributed by atoms with Gasteiger partial charge in [-0.25, -0.2) is 4.98 Å². The van der Waals surface area contributed by atoms with Crippen LogP contribution >= 0.6 is 11.6 Å². The molecule has 0 unspecified atom stereocenters. The predicted octanol–water partition coefficient (Wildman–Crippen LogP) is 3.15. The Labute approximate surface area is 104 Å². The molecule has 3 nitrogen and oxygen atoms in total. The second kappa shape index (κ2) is 4.65. The van der Waals surface area contributed by atoms with E-state index in [-0.39, 0.29) is 16.3 Å². The molecule has 1 aromatic carbocycles. The van der Waals surface area contributed by atoms with E-state index in [2.05, 4.69) is 4.98 Å². The summed E-state index contributed by atoms with van der Waals surface area (Å²) < 4.78 is 0. The minimum Gasteiger partial charge on any atom is -0.235 e. The molecule has 4 heteroatoms. The maximum atomic E-state index is 8.96. The number of nitriles is 2. The Morgan fingerprint density at radius 2 is 1.76 bits per heavy atom. The topological polar surface area (TPSA) is 60.5 Å². The zero-order valence-corrected chi connectivity index (χ0v) is 9.44. The van der Waals surface area contributed by atoms with Crippen molar-refractivity contribution in [2.75, 3.05) is 0 Å². The summed E-state index contributed by atoms with van der Waals surface area (Å²) in [5.74, 6) is 0. The summed E-state index contributed by atoms with van der Waals surface area (Å²) in [6.07, 6.45) is 0. The fourth-order valence-electron chi connectivity index (χ4n) is 1.47. The first-order chi connectivity index (χ1) is 8.26. The molecule has 17 heavy (non-hydrogen) atoms. The Balaban J connectivity index is 2.65. The average molecular weight is 240 g/mol. The summed E-state index contributed by atoms with van der Waals surface area (Å²) in [5, 5.41) is 17.9. The van der Waals surface area contributed by atoms with Crippen molar-refractivity contribution in [2.45, 2.75) is 0 Å². The van der Waals surface area contributed by atoms with Gasteiger partial charge in [0, 0.05) is 5.56 Å². The van der Waals surface area contributed by atoms with Gasteiger partial charge >= 0.3 is 0 Å². The summed E-state index contributed by atoms with van der Waals surface area (Å²) in [6, 6.07) is 14.8. The molecule has 0 amide bonds. The molecule has 0 bridgehead atoms. The normalized spacial score (nSPS) is 9.35. The van der Waals surface area contributed by atoms with Gasteiger partial charge in [0.15, 0.2) is 0 Å². The lowest BCUT2D eigenvalue weighted by Crippen LogP contribution is -1.92. The van der Waals surface area contributed by atoms with Crippen LogP contribution in [0.15, 0.2) is 36.4 Å². The van der Waals surface area contributed by atoms with Gasteiger partial charge in [0.1, 0.15) is 22.9 Å². The first-order valence-electron chi connectivity index (χ1n) is 4.82. The summed E-state index contributed by atoms with van der Waals surface area (Å²) >= 11 is 5.88. The van der Waals surface area contributed by atoms with Crippen LogP contribution in [0.1, 0.15) is 11.1 Å². The Morgan fingerprint density at radius 3 is 2.35 bits per heavy atom. The summed E-state index contributed by atoms with van der Waals surface area (Å²) in [6.45, 7) is 0. The first kappa shape index (κ1) is 11.1. The number of hydrogen-bond acceptors (Lipinski definition) is 3. The van der Waals surface area contributed by atoms with Crippen LogP contribution in [0.4, 0.5) is 0 Å². The van der Waals surface area contributed by atoms with Crippen molar-refractivity contribution >= 4 is 11.6 Å². The lowest BCUT2D eigenvalue weighted by Gasteiger charge is -2.03. The molecule has 1 heterocycles. The fraction of sp³-hybridized carbons (Fsp3) is 0. The molecule has 0 saturated carbocycles. The molecule has 0 aliphatic carbocycles. The van der Waals surface area contributed by atoms with E-state index in [0.717, 1.165) is 5.56 Å². The fourth-order valence-corrected chi connectivity index (χ4v) is 1.70. The molecule has 1 aromatic heterocycles. The van der Waals surface area contributed by atoms with E-state index in [4.69, 9.17) is 22.1 Å². The minimum atomic E-state index is 0.0606. The first-order valence-corrected chi connectivity index (χ1v) is 5.20. The molecular formula is C13H6ClN3. The molecule has 80 valence electrons. The third kappa shape index (κ3) is 2.10. The number of benzene rings is 1. The highest BCUT2D eigenvalue weighted by atomic mass is 35.5. The van der Waals surface area contributed by atoms with Crippen molar-refractivity contribution in [3.05, 3.63) is 52.7 Å². The lowest BCUT2D eigenvalue weighted by molar-refractivity contribution is 1.28. The summed E-state index contributed by atoms with van der Waals surface area (Å²) in [4.78, 5) is 4.11. The van der Waals surface area contributed by atoms with Crippen molar-refractivity contribution in [3.8, 4) is 23.4 Å². The Kier molecular flexibility index (Phi) is 3.05. The van der Waals surface area contributed by atoms with Crippen LogP contribution in [0, 0.1) is 22.7 Å². The highest BCUT2D eigenvalue weighted by Gasteiger charge is 2.11. The second-order valence-corrected chi connectivity index (χ2v) is 3.67. The molecule has 0 N–H and O–H groups in total. The number of aromatic nitrogens is 1. The molecule has 0 radical (unpaired) electrons. The molecule has 2 rings (SSSR count). The molecule has 0 fully saturated rings. The van der Waals surface area contributed by atoms with Gasteiger partial charge in [-0.1, -0.05) is 41.9 Å². The summed E-state index contributed by atoms with van der Waals surface area (Å²) in [7, 11) is 0. The zero-order valence-electron chi connectivity index (χ0n) is 8.68. The molecule has 0 atom stereocenters. The van der Waals surface area contributed by atoms with Crippen LogP contribution in [0.3, 0.4) is 0 Å². The monoisotopic (exact) mass is 239 g/mol. The predicted molar refractivity (Wildman–Crippen MR) is 64.1 cm³/mol. The van der Waals surface area contributed by atoms with Crippen molar-refractivity contribution in [3.63, 3.8) is 0 Å². The molecule has 0 aliphatic rings. The second-order valence-electron chi connectivity index (χ2n) is 3.31. The molecule has 0 spiro atoms. The standard InChI is InChI=1S/C13H6ClN3/c14-13-11(8-16)10(7-15)6-12(17-13)9-4-2-1-3-5-9/h1-6H. The van der Waals surface area contributed by atoms with Crippen molar-refractivity contribution < 1.29 is 0 Å². The smallest absolute Gasteiger partial charge is 0.148 e. The lowest BCUT2D eigenvalue weighted by atomic mass is 10.1. The third-order valence-corrected chi connectivity index (χ3v) is 2.55. The number of hydrogen-bond donors (Lipinski definition) is 0. The average Bonchev–Trinajstić information content (AvgIpc) is 2.38. The zero-order chi connectivity index (χ0) is 12.3. The Bertz CT molecular complexity index is 636. The third-order valence-electron chi connectivity index (χ3n) is 2.28. The maximum absolute atomic E-state index is 8.96. The van der Waals surface area contributed by atoms with Crippen LogP contribution in [-0.2, 0) is 0 Å². The molecular weight excluding hydrogens is 234 g/mol. The van der Waals surface area contributed by atoms with Gasteiger partial charge < -0.3 is 0 Å². The number of halogens is 1. The van der Waals surface area contributed by atoms with Crippen molar-refractivity contribution in [1.29, 1.82) is 10.5 Å². The highest BCUT2D eigenvalue weighted by Crippen LogP contribution is 2.24. The SMILES string of the molecule is N#Cc1cc(-c2ccccc2)nc(Cl)c1C#N. The number of rotatable bonds is 1. The van der Waals surface area contributed by atoms with Crippen LogP contribution in [0.25, 0.3) is 11.3 Å². The van der Waals surface area contributed by atoms with Gasteiger partial charge in [-0.15, -0.1) is 0 Å². The molecule has 0 saturated heterocycles. The highest BCUT2D eigenvalue weighted by molar-refractivity contribution is 6.30. The van der Waals surface area contributed by atoms with Crippen LogP contribution in [-0.4, -0.2) is 4.98 Å². The van der Waals surface area contributed by atoms with Gasteiger partial charge in [-0.3, -0.25) is 0 Å². The number of pyridine rings is 1. The van der Waals surface area contributed by atoms with Gasteiger partial charge in [-0.2, -0.15) is 10.5 Å². The van der Waals surface area contributed by atoms with Crippen LogP contribution in [0.5, 0.6) is 0 Å². The van der Waals surface area contributed by atoms with E-state index in [1.54, 1.807) is 6.07 Å². The van der Waals surface area contributed by atoms with Gasteiger partial charge in [0.25, 0.3) is 0 Å². The largest absolute Gasteiger partial charge is 0.235 e.